The molecule has 1 fully saturated rings. The molecule has 1 atom stereocenters. The van der Waals surface area contributed by atoms with Crippen LogP contribution in [0.25, 0.3) is 0 Å². The number of esters is 1. The molecule has 0 amide bonds. The number of ether oxygens (including phenoxy) is 1. The van der Waals surface area contributed by atoms with E-state index in [-0.39, 0.29) is 6.54 Å². The molecule has 0 aromatic carbocycles. The van der Waals surface area contributed by atoms with E-state index in [2.05, 4.69) is 4.74 Å². The molecule has 7 heteroatoms. The van der Waals surface area contributed by atoms with Gasteiger partial charge >= 0.3 is 15.2 Å². The van der Waals surface area contributed by atoms with E-state index in [9.17, 15) is 13.2 Å². The van der Waals surface area contributed by atoms with Gasteiger partial charge in [-0.05, 0) is 19.3 Å². The summed E-state index contributed by atoms with van der Waals surface area (Å²) in [4.78, 5) is 11.2. The van der Waals surface area contributed by atoms with Crippen molar-refractivity contribution >= 4 is 25.9 Å². The summed E-state index contributed by atoms with van der Waals surface area (Å²) in [6, 6.07) is -0.753. The molecule has 0 N–H and O–H groups in total. The van der Waals surface area contributed by atoms with Gasteiger partial charge in [0.25, 0.3) is 0 Å². The highest BCUT2D eigenvalue weighted by Crippen LogP contribution is 2.23. The summed E-state index contributed by atoms with van der Waals surface area (Å²) in [5, 5.41) is 0. The van der Waals surface area contributed by atoms with Gasteiger partial charge in [-0.3, -0.25) is 4.79 Å². The molecular weight excluding hydrogens is 230 g/mol. The van der Waals surface area contributed by atoms with Crippen molar-refractivity contribution in [2.24, 2.45) is 0 Å². The van der Waals surface area contributed by atoms with Crippen LogP contribution in [-0.2, 0) is 18.8 Å². The minimum atomic E-state index is -3.83. The Hall–Kier alpha value is -0.330. The molecule has 1 rings (SSSR count). The molecule has 0 bridgehead atoms. The van der Waals surface area contributed by atoms with E-state index in [1.54, 1.807) is 0 Å². The molecule has 5 nitrogen and oxygen atoms in total. The second-order valence-corrected chi connectivity index (χ2v) is 5.55. The highest BCUT2D eigenvalue weighted by atomic mass is 35.7. The number of carbonyl (C=O) groups excluding carboxylic acids is 1. The minimum absolute atomic E-state index is 0.283. The lowest BCUT2D eigenvalue weighted by Gasteiger charge is -2.30. The van der Waals surface area contributed by atoms with Crippen LogP contribution in [0.3, 0.4) is 0 Å². The fraction of sp³-hybridized carbons (Fsp3) is 0.857. The zero-order chi connectivity index (χ0) is 10.8. The molecule has 0 saturated carbocycles. The number of hydrogen-bond acceptors (Lipinski definition) is 4. The van der Waals surface area contributed by atoms with Crippen LogP contribution in [0.5, 0.6) is 0 Å². The monoisotopic (exact) mass is 241 g/mol. The van der Waals surface area contributed by atoms with E-state index < -0.39 is 21.2 Å². The Labute approximate surface area is 87.5 Å². The first-order valence-electron chi connectivity index (χ1n) is 4.26. The molecule has 0 unspecified atom stereocenters. The third-order valence-corrected chi connectivity index (χ3v) is 3.74. The number of rotatable bonds is 2. The van der Waals surface area contributed by atoms with Crippen LogP contribution in [0.1, 0.15) is 19.3 Å². The molecule has 0 aromatic heterocycles. The standard InChI is InChI=1S/C7H12ClNO4S/c1-13-7(10)6-4-2-3-5-9(6)14(8,11)12/h6H,2-5H2,1H3/t6-/m1/s1. The Balaban J connectivity index is 2.85. The third kappa shape index (κ3) is 2.59. The van der Waals surface area contributed by atoms with E-state index >= 15 is 0 Å². The molecule has 1 heterocycles. The number of nitrogens with zero attached hydrogens (tertiary/aromatic N) is 1. The van der Waals surface area contributed by atoms with E-state index in [0.29, 0.717) is 6.42 Å². The second kappa shape index (κ2) is 4.46. The van der Waals surface area contributed by atoms with Crippen LogP contribution in [0.4, 0.5) is 0 Å². The van der Waals surface area contributed by atoms with E-state index in [1.165, 1.54) is 7.11 Å². The Kier molecular flexibility index (Phi) is 3.74. The van der Waals surface area contributed by atoms with Crippen LogP contribution in [-0.4, -0.2) is 38.4 Å². The number of carbonyl (C=O) groups is 1. The largest absolute Gasteiger partial charge is 0.468 e. The predicted molar refractivity (Wildman–Crippen MR) is 51.1 cm³/mol. The molecular formula is C7H12ClNO4S. The first-order chi connectivity index (χ1) is 6.46. The van der Waals surface area contributed by atoms with Crippen LogP contribution < -0.4 is 0 Å². The summed E-state index contributed by atoms with van der Waals surface area (Å²) < 4.78 is 27.7. The zero-order valence-corrected chi connectivity index (χ0v) is 9.34. The molecule has 0 aliphatic carbocycles. The highest BCUT2D eigenvalue weighted by Gasteiger charge is 2.36. The van der Waals surface area contributed by atoms with Crippen molar-refractivity contribution < 1.29 is 17.9 Å². The molecule has 0 radical (unpaired) electrons. The van der Waals surface area contributed by atoms with Crippen molar-refractivity contribution in [1.82, 2.24) is 4.31 Å². The summed E-state index contributed by atoms with van der Waals surface area (Å²) >= 11 is 0. The van der Waals surface area contributed by atoms with Crippen molar-refractivity contribution in [2.45, 2.75) is 25.3 Å². The van der Waals surface area contributed by atoms with Crippen molar-refractivity contribution in [3.05, 3.63) is 0 Å². The fourth-order valence-corrected chi connectivity index (χ4v) is 2.88. The molecule has 1 aliphatic heterocycles. The molecule has 1 saturated heterocycles. The lowest BCUT2D eigenvalue weighted by Crippen LogP contribution is -2.46. The van der Waals surface area contributed by atoms with Gasteiger partial charge in [-0.1, -0.05) is 0 Å². The lowest BCUT2D eigenvalue weighted by molar-refractivity contribution is -0.146. The van der Waals surface area contributed by atoms with Crippen LogP contribution in [0.15, 0.2) is 0 Å². The van der Waals surface area contributed by atoms with Gasteiger partial charge in [0, 0.05) is 17.2 Å². The molecule has 14 heavy (non-hydrogen) atoms. The topological polar surface area (TPSA) is 63.7 Å². The number of halogens is 1. The van der Waals surface area contributed by atoms with Gasteiger partial charge in [-0.15, -0.1) is 0 Å². The highest BCUT2D eigenvalue weighted by molar-refractivity contribution is 8.11. The number of methoxy groups -OCH3 is 1. The fourth-order valence-electron chi connectivity index (χ4n) is 1.54. The van der Waals surface area contributed by atoms with Crippen molar-refractivity contribution in [3.63, 3.8) is 0 Å². The van der Waals surface area contributed by atoms with Crippen LogP contribution in [0.2, 0.25) is 0 Å². The Morgan fingerprint density at radius 3 is 2.64 bits per heavy atom. The quantitative estimate of drug-likeness (QED) is 0.522. The second-order valence-electron chi connectivity index (χ2n) is 3.09. The van der Waals surface area contributed by atoms with Gasteiger partial charge in [0.1, 0.15) is 6.04 Å². The van der Waals surface area contributed by atoms with Crippen LogP contribution in [0, 0.1) is 0 Å². The zero-order valence-electron chi connectivity index (χ0n) is 7.77. The third-order valence-electron chi connectivity index (χ3n) is 2.21. The van der Waals surface area contributed by atoms with Gasteiger partial charge in [-0.2, -0.15) is 12.7 Å². The maximum Gasteiger partial charge on any atom is 0.324 e. The smallest absolute Gasteiger partial charge is 0.324 e. The average molecular weight is 242 g/mol. The normalized spacial score (nSPS) is 24.6. The maximum absolute atomic E-state index is 11.2. The SMILES string of the molecule is COC(=O)[C@H]1CCCCN1S(=O)(=O)Cl. The summed E-state index contributed by atoms with van der Waals surface area (Å²) in [6.07, 6.45) is 2.00. The molecule has 0 spiro atoms. The van der Waals surface area contributed by atoms with E-state index in [4.69, 9.17) is 10.7 Å². The van der Waals surface area contributed by atoms with Crippen molar-refractivity contribution in [1.29, 1.82) is 0 Å². The van der Waals surface area contributed by atoms with E-state index in [1.807, 2.05) is 0 Å². The lowest BCUT2D eigenvalue weighted by atomic mass is 10.1. The van der Waals surface area contributed by atoms with Gasteiger partial charge in [-0.25, -0.2) is 0 Å². The Morgan fingerprint density at radius 2 is 2.14 bits per heavy atom. The van der Waals surface area contributed by atoms with Gasteiger partial charge in [0.15, 0.2) is 0 Å². The molecule has 1 aliphatic rings. The maximum atomic E-state index is 11.2. The van der Waals surface area contributed by atoms with Crippen molar-refractivity contribution in [3.8, 4) is 0 Å². The Morgan fingerprint density at radius 1 is 1.50 bits per heavy atom. The minimum Gasteiger partial charge on any atom is -0.468 e. The Bertz CT molecular complexity index is 316. The van der Waals surface area contributed by atoms with E-state index in [0.717, 1.165) is 17.1 Å². The summed E-state index contributed by atoms with van der Waals surface area (Å²) in [6.45, 7) is 0.283. The summed E-state index contributed by atoms with van der Waals surface area (Å²) in [7, 11) is 2.60. The predicted octanol–water partition coefficient (Wildman–Crippen LogP) is 0.497. The van der Waals surface area contributed by atoms with Gasteiger partial charge in [0.05, 0.1) is 7.11 Å². The van der Waals surface area contributed by atoms with Crippen molar-refractivity contribution in [2.75, 3.05) is 13.7 Å². The van der Waals surface area contributed by atoms with Crippen LogP contribution >= 0.6 is 10.7 Å². The molecule has 82 valence electrons. The number of piperidine rings is 1. The van der Waals surface area contributed by atoms with Gasteiger partial charge < -0.3 is 4.74 Å². The summed E-state index contributed by atoms with van der Waals surface area (Å²) in [5.41, 5.74) is 0. The van der Waals surface area contributed by atoms with Gasteiger partial charge in [0.2, 0.25) is 0 Å². The molecule has 0 aromatic rings. The average Bonchev–Trinajstić information content (AvgIpc) is 2.15. The first kappa shape index (κ1) is 11.7. The number of hydrogen-bond donors (Lipinski definition) is 0. The first-order valence-corrected chi connectivity index (χ1v) is 6.52. The summed E-state index contributed by atoms with van der Waals surface area (Å²) in [5.74, 6) is -0.547.